The molecule has 0 amide bonds. The predicted octanol–water partition coefficient (Wildman–Crippen LogP) is 4.48. The van der Waals surface area contributed by atoms with E-state index in [1.54, 1.807) is 19.2 Å². The quantitative estimate of drug-likeness (QED) is 0.462. The van der Waals surface area contributed by atoms with Gasteiger partial charge in [0.15, 0.2) is 5.71 Å². The third-order valence-corrected chi connectivity index (χ3v) is 3.61. The van der Waals surface area contributed by atoms with Crippen molar-refractivity contribution >= 4 is 28.1 Å². The van der Waals surface area contributed by atoms with Crippen LogP contribution >= 0.6 is 11.3 Å². The number of hydrogen-bond donors (Lipinski definition) is 1. The van der Waals surface area contributed by atoms with Gasteiger partial charge in [0.2, 0.25) is 5.13 Å². The molecule has 25 heavy (non-hydrogen) atoms. The summed E-state index contributed by atoms with van der Waals surface area (Å²) in [4.78, 5) is 15.6. The van der Waals surface area contributed by atoms with Crippen LogP contribution in [0.4, 0.5) is 18.3 Å². The van der Waals surface area contributed by atoms with Gasteiger partial charge in [0.1, 0.15) is 0 Å². The molecule has 0 bridgehead atoms. The Morgan fingerprint density at radius 1 is 1.32 bits per heavy atom. The fourth-order valence-corrected chi connectivity index (χ4v) is 2.49. The number of nitrogens with zero attached hydrogens (tertiary/aromatic N) is 2. The summed E-state index contributed by atoms with van der Waals surface area (Å²) in [6.07, 6.45) is -6.21. The van der Waals surface area contributed by atoms with Crippen LogP contribution in [0.15, 0.2) is 40.8 Å². The average Bonchev–Trinajstić information content (AvgIpc) is 2.99. The molecular weight excluding hydrogens is 355 g/mol. The highest BCUT2D eigenvalue weighted by molar-refractivity contribution is 7.14. The molecule has 0 saturated carbocycles. The molecule has 0 unspecified atom stereocenters. The normalized spacial score (nSPS) is 12.3. The number of halogens is 3. The molecule has 1 heterocycles. The maximum Gasteiger partial charge on any atom is 0.431 e. The maximum atomic E-state index is 13.0. The van der Waals surface area contributed by atoms with Gasteiger partial charge in [-0.25, -0.2) is 4.98 Å². The Labute approximate surface area is 146 Å². The van der Waals surface area contributed by atoms with E-state index in [9.17, 15) is 18.0 Å². The number of alkyl halides is 3. The van der Waals surface area contributed by atoms with Crippen molar-refractivity contribution in [2.45, 2.75) is 32.5 Å². The second kappa shape index (κ2) is 8.11. The first-order chi connectivity index (χ1) is 11.8. The van der Waals surface area contributed by atoms with E-state index < -0.39 is 30.4 Å². The molecule has 9 heteroatoms. The van der Waals surface area contributed by atoms with E-state index in [-0.39, 0.29) is 5.13 Å². The van der Waals surface area contributed by atoms with Gasteiger partial charge in [-0.05, 0) is 13.8 Å². The second-order valence-corrected chi connectivity index (χ2v) is 6.15. The standard InChI is InChI=1S/C16H16F3N3O2S/c1-10(2)24-14(23)8-13(16(17,18)19)21-22-15-20-12(9-25-15)11-6-4-3-5-7-11/h3-7,9-10H,8H2,1-2H3,(H,20,22)/b21-13-. The summed E-state index contributed by atoms with van der Waals surface area (Å²) in [6, 6.07) is 9.20. The van der Waals surface area contributed by atoms with Gasteiger partial charge in [0.05, 0.1) is 18.2 Å². The zero-order chi connectivity index (χ0) is 18.4. The van der Waals surface area contributed by atoms with E-state index in [2.05, 4.69) is 15.5 Å². The van der Waals surface area contributed by atoms with Gasteiger partial charge in [-0.2, -0.15) is 18.3 Å². The number of hydrogen-bond acceptors (Lipinski definition) is 6. The Bertz CT molecular complexity index is 743. The van der Waals surface area contributed by atoms with Crippen LogP contribution in [-0.2, 0) is 9.53 Å². The first kappa shape index (κ1) is 18.9. The van der Waals surface area contributed by atoms with Crippen molar-refractivity contribution in [2.75, 3.05) is 5.43 Å². The lowest BCUT2D eigenvalue weighted by molar-refractivity contribution is -0.146. The number of anilines is 1. The molecule has 0 aliphatic heterocycles. The van der Waals surface area contributed by atoms with Crippen LogP contribution in [0.5, 0.6) is 0 Å². The molecule has 2 aromatic rings. The fraction of sp³-hybridized carbons (Fsp3) is 0.312. The minimum atomic E-state index is -4.75. The van der Waals surface area contributed by atoms with Gasteiger partial charge < -0.3 is 4.74 Å². The molecule has 1 aromatic carbocycles. The Kier molecular flexibility index (Phi) is 6.13. The van der Waals surface area contributed by atoms with Gasteiger partial charge in [0, 0.05) is 10.9 Å². The van der Waals surface area contributed by atoms with E-state index in [4.69, 9.17) is 4.74 Å². The summed E-state index contributed by atoms with van der Waals surface area (Å²) < 4.78 is 43.7. The Balaban J connectivity index is 2.10. The van der Waals surface area contributed by atoms with Crippen LogP contribution < -0.4 is 5.43 Å². The topological polar surface area (TPSA) is 63.6 Å². The molecule has 1 N–H and O–H groups in total. The third kappa shape index (κ3) is 5.86. The molecular formula is C16H16F3N3O2S. The third-order valence-electron chi connectivity index (χ3n) is 2.87. The number of thiazole rings is 1. The van der Waals surface area contributed by atoms with Crippen LogP contribution in [-0.4, -0.2) is 28.9 Å². The minimum Gasteiger partial charge on any atom is -0.463 e. The number of esters is 1. The Hall–Kier alpha value is -2.42. The van der Waals surface area contributed by atoms with Crippen LogP contribution in [0.3, 0.4) is 0 Å². The zero-order valence-corrected chi connectivity index (χ0v) is 14.3. The highest BCUT2D eigenvalue weighted by Crippen LogP contribution is 2.25. The first-order valence-corrected chi connectivity index (χ1v) is 8.24. The highest BCUT2D eigenvalue weighted by atomic mass is 32.1. The van der Waals surface area contributed by atoms with Crippen LogP contribution in [0, 0.1) is 0 Å². The highest BCUT2D eigenvalue weighted by Gasteiger charge is 2.38. The minimum absolute atomic E-state index is 0.192. The van der Waals surface area contributed by atoms with Crippen molar-refractivity contribution in [1.29, 1.82) is 0 Å². The Morgan fingerprint density at radius 2 is 2.00 bits per heavy atom. The summed E-state index contributed by atoms with van der Waals surface area (Å²) in [5.41, 5.74) is 2.46. The molecule has 2 rings (SSSR count). The van der Waals surface area contributed by atoms with E-state index in [1.807, 2.05) is 30.3 Å². The maximum absolute atomic E-state index is 13.0. The monoisotopic (exact) mass is 371 g/mol. The lowest BCUT2D eigenvalue weighted by Gasteiger charge is -2.12. The van der Waals surface area contributed by atoms with E-state index >= 15 is 0 Å². The van der Waals surface area contributed by atoms with E-state index in [0.717, 1.165) is 16.9 Å². The van der Waals surface area contributed by atoms with Crippen molar-refractivity contribution in [3.63, 3.8) is 0 Å². The summed E-state index contributed by atoms with van der Waals surface area (Å²) >= 11 is 1.11. The van der Waals surface area contributed by atoms with Gasteiger partial charge in [-0.1, -0.05) is 30.3 Å². The molecule has 0 aliphatic rings. The van der Waals surface area contributed by atoms with E-state index in [0.29, 0.717) is 5.69 Å². The number of nitrogens with one attached hydrogen (secondary N) is 1. The predicted molar refractivity (Wildman–Crippen MR) is 90.5 cm³/mol. The van der Waals surface area contributed by atoms with Crippen molar-refractivity contribution < 1.29 is 22.7 Å². The van der Waals surface area contributed by atoms with Gasteiger partial charge in [-0.3, -0.25) is 10.2 Å². The lowest BCUT2D eigenvalue weighted by Crippen LogP contribution is -2.28. The Morgan fingerprint density at radius 3 is 2.60 bits per heavy atom. The number of aromatic nitrogens is 1. The van der Waals surface area contributed by atoms with E-state index in [1.165, 1.54) is 0 Å². The molecule has 134 valence electrons. The number of carbonyl (C=O) groups is 1. The number of hydrazone groups is 1. The molecule has 0 radical (unpaired) electrons. The second-order valence-electron chi connectivity index (χ2n) is 5.29. The smallest absolute Gasteiger partial charge is 0.431 e. The van der Waals surface area contributed by atoms with Crippen molar-refractivity contribution in [1.82, 2.24) is 4.98 Å². The fourth-order valence-electron chi connectivity index (χ4n) is 1.83. The van der Waals surface area contributed by atoms with Crippen LogP contribution in [0.2, 0.25) is 0 Å². The summed E-state index contributed by atoms with van der Waals surface area (Å²) in [7, 11) is 0. The average molecular weight is 371 g/mol. The molecule has 0 saturated heterocycles. The first-order valence-electron chi connectivity index (χ1n) is 7.36. The SMILES string of the molecule is CC(C)OC(=O)C/C(=N/Nc1nc(-c2ccccc2)cs1)C(F)(F)F. The van der Waals surface area contributed by atoms with Crippen LogP contribution in [0.25, 0.3) is 11.3 Å². The van der Waals surface area contributed by atoms with Gasteiger partial charge >= 0.3 is 12.1 Å². The van der Waals surface area contributed by atoms with Gasteiger partial charge in [-0.15, -0.1) is 11.3 Å². The summed E-state index contributed by atoms with van der Waals surface area (Å²) in [5, 5.41) is 5.20. The number of ether oxygens (including phenoxy) is 1. The summed E-state index contributed by atoms with van der Waals surface area (Å²) in [5.74, 6) is -0.989. The number of carbonyl (C=O) groups excluding carboxylic acids is 1. The van der Waals surface area contributed by atoms with Crippen molar-refractivity contribution in [3.05, 3.63) is 35.7 Å². The lowest BCUT2D eigenvalue weighted by atomic mass is 10.2. The molecule has 5 nitrogen and oxygen atoms in total. The van der Waals surface area contributed by atoms with Crippen molar-refractivity contribution in [3.8, 4) is 11.3 Å². The molecule has 0 aliphatic carbocycles. The van der Waals surface area contributed by atoms with Gasteiger partial charge in [0.25, 0.3) is 0 Å². The van der Waals surface area contributed by atoms with Crippen LogP contribution in [0.1, 0.15) is 20.3 Å². The molecule has 0 spiro atoms. The molecule has 1 aromatic heterocycles. The number of benzene rings is 1. The largest absolute Gasteiger partial charge is 0.463 e. The molecule has 0 atom stereocenters. The molecule has 0 fully saturated rings. The number of rotatable bonds is 6. The summed E-state index contributed by atoms with van der Waals surface area (Å²) in [6.45, 7) is 3.11. The zero-order valence-electron chi connectivity index (χ0n) is 13.5. The van der Waals surface area contributed by atoms with Crippen molar-refractivity contribution in [2.24, 2.45) is 5.10 Å².